The first kappa shape index (κ1) is 18.9. The second-order valence-corrected chi connectivity index (χ2v) is 7.37. The second kappa shape index (κ2) is 7.65. The Morgan fingerprint density at radius 3 is 2.35 bits per heavy atom. The Morgan fingerprint density at radius 2 is 1.61 bits per heavy atom. The van der Waals surface area contributed by atoms with Gasteiger partial charge in [0.15, 0.2) is 5.69 Å². The molecule has 6 heteroatoms. The fourth-order valence-corrected chi connectivity index (χ4v) is 3.65. The molecule has 0 radical (unpaired) electrons. The third-order valence-electron chi connectivity index (χ3n) is 5.41. The van der Waals surface area contributed by atoms with Gasteiger partial charge in [-0.1, -0.05) is 66.7 Å². The predicted octanol–water partition coefficient (Wildman–Crippen LogP) is 4.97. The van der Waals surface area contributed by atoms with Crippen LogP contribution in [0.2, 0.25) is 0 Å². The summed E-state index contributed by atoms with van der Waals surface area (Å²) in [6.45, 7) is 4.09. The third-order valence-corrected chi connectivity index (χ3v) is 5.41. The van der Waals surface area contributed by atoms with Gasteiger partial charge in [0.05, 0.1) is 11.1 Å². The molecule has 0 bridgehead atoms. The van der Waals surface area contributed by atoms with Crippen LogP contribution in [0, 0.1) is 6.92 Å². The van der Waals surface area contributed by atoms with E-state index in [9.17, 15) is 4.79 Å². The first-order valence-electron chi connectivity index (χ1n) is 10.2. The normalized spacial score (nSPS) is 11.2. The maximum absolute atomic E-state index is 13.2. The highest BCUT2D eigenvalue weighted by Gasteiger charge is 2.19. The van der Waals surface area contributed by atoms with E-state index in [1.54, 1.807) is 6.07 Å². The maximum atomic E-state index is 13.2. The van der Waals surface area contributed by atoms with Gasteiger partial charge in [0.2, 0.25) is 5.82 Å². The maximum Gasteiger partial charge on any atom is 0.279 e. The van der Waals surface area contributed by atoms with Gasteiger partial charge in [0.1, 0.15) is 0 Å². The summed E-state index contributed by atoms with van der Waals surface area (Å²) in [5.41, 5.74) is 4.11. The molecule has 2 aromatic heterocycles. The lowest BCUT2D eigenvalue weighted by Gasteiger charge is -2.09. The third kappa shape index (κ3) is 3.32. The fourth-order valence-electron chi connectivity index (χ4n) is 3.65. The van der Waals surface area contributed by atoms with E-state index < -0.39 is 0 Å². The minimum Gasteiger partial charge on any atom is -0.332 e. The Hall–Kier alpha value is -4.06. The Balaban J connectivity index is 1.71. The number of fused-ring (bicyclic) bond motifs is 1. The summed E-state index contributed by atoms with van der Waals surface area (Å²) in [5, 5.41) is 10.0. The zero-order valence-corrected chi connectivity index (χ0v) is 17.2. The molecular weight excluding hydrogens is 388 g/mol. The molecule has 0 spiro atoms. The van der Waals surface area contributed by atoms with E-state index in [0.29, 0.717) is 28.0 Å². The highest BCUT2D eigenvalue weighted by molar-refractivity contribution is 5.92. The topological polar surface area (TPSA) is 73.8 Å². The summed E-state index contributed by atoms with van der Waals surface area (Å²) >= 11 is 0. The number of aryl methyl sites for hydroxylation is 2. The highest BCUT2D eigenvalue weighted by Crippen LogP contribution is 2.27. The molecule has 0 amide bonds. The highest BCUT2D eigenvalue weighted by atomic mass is 16.5. The molecule has 152 valence electrons. The van der Waals surface area contributed by atoms with Crippen molar-refractivity contribution < 1.29 is 4.52 Å². The standard InChI is InChI=1S/C25H20N4O2/c1-3-17-12-14-18(15-13-17)29-25(30)21-11-7-6-10-20(21)22(27-29)24-26-23(28-31-24)19-9-5-4-8-16(19)2/h4-15H,3H2,1-2H3. The van der Waals surface area contributed by atoms with Crippen molar-refractivity contribution in [3.8, 4) is 28.7 Å². The zero-order chi connectivity index (χ0) is 21.4. The van der Waals surface area contributed by atoms with Gasteiger partial charge in [0, 0.05) is 10.9 Å². The molecule has 0 unspecified atom stereocenters. The zero-order valence-electron chi connectivity index (χ0n) is 17.2. The van der Waals surface area contributed by atoms with Crippen molar-refractivity contribution in [1.82, 2.24) is 19.9 Å². The Labute approximate surface area is 178 Å². The van der Waals surface area contributed by atoms with Gasteiger partial charge in [0.25, 0.3) is 11.4 Å². The second-order valence-electron chi connectivity index (χ2n) is 7.37. The van der Waals surface area contributed by atoms with Gasteiger partial charge in [-0.15, -0.1) is 0 Å². The molecule has 0 aliphatic rings. The van der Waals surface area contributed by atoms with Crippen molar-refractivity contribution in [2.45, 2.75) is 20.3 Å². The molecule has 0 aliphatic heterocycles. The smallest absolute Gasteiger partial charge is 0.279 e. The molecule has 0 saturated heterocycles. The van der Waals surface area contributed by atoms with Gasteiger partial charge >= 0.3 is 0 Å². The summed E-state index contributed by atoms with van der Waals surface area (Å²) in [6, 6.07) is 23.0. The lowest BCUT2D eigenvalue weighted by atomic mass is 10.1. The van der Waals surface area contributed by atoms with Gasteiger partial charge in [-0.05, 0) is 42.7 Å². The van der Waals surface area contributed by atoms with Crippen molar-refractivity contribution in [1.29, 1.82) is 0 Å². The first-order valence-corrected chi connectivity index (χ1v) is 10.2. The van der Waals surface area contributed by atoms with Gasteiger partial charge in [-0.3, -0.25) is 4.79 Å². The number of rotatable bonds is 4. The predicted molar refractivity (Wildman–Crippen MR) is 120 cm³/mol. The van der Waals surface area contributed by atoms with Crippen LogP contribution in [0.25, 0.3) is 39.4 Å². The van der Waals surface area contributed by atoms with Crippen LogP contribution in [-0.4, -0.2) is 19.9 Å². The summed E-state index contributed by atoms with van der Waals surface area (Å²) in [7, 11) is 0. The molecule has 0 aliphatic carbocycles. The van der Waals surface area contributed by atoms with Crippen LogP contribution in [0.4, 0.5) is 0 Å². The largest absolute Gasteiger partial charge is 0.332 e. The number of hydrogen-bond acceptors (Lipinski definition) is 5. The van der Waals surface area contributed by atoms with E-state index in [1.165, 1.54) is 10.2 Å². The Morgan fingerprint density at radius 1 is 0.903 bits per heavy atom. The molecule has 5 rings (SSSR count). The lowest BCUT2D eigenvalue weighted by Crippen LogP contribution is -2.22. The van der Waals surface area contributed by atoms with Gasteiger partial charge < -0.3 is 4.52 Å². The average Bonchev–Trinajstić information content (AvgIpc) is 3.30. The van der Waals surface area contributed by atoms with Crippen molar-refractivity contribution in [2.75, 3.05) is 0 Å². The van der Waals surface area contributed by atoms with Crippen molar-refractivity contribution >= 4 is 10.8 Å². The van der Waals surface area contributed by atoms with E-state index in [1.807, 2.05) is 73.7 Å². The molecule has 0 saturated carbocycles. The van der Waals surface area contributed by atoms with Crippen LogP contribution >= 0.6 is 0 Å². The van der Waals surface area contributed by atoms with Crippen LogP contribution in [0.15, 0.2) is 82.1 Å². The van der Waals surface area contributed by atoms with E-state index in [4.69, 9.17) is 4.52 Å². The Bertz CT molecular complexity index is 1450. The van der Waals surface area contributed by atoms with Crippen molar-refractivity contribution in [3.05, 3.63) is 94.3 Å². The molecule has 5 aromatic rings. The molecule has 0 N–H and O–H groups in total. The summed E-state index contributed by atoms with van der Waals surface area (Å²) < 4.78 is 6.99. The van der Waals surface area contributed by atoms with Crippen LogP contribution < -0.4 is 5.56 Å². The van der Waals surface area contributed by atoms with E-state index >= 15 is 0 Å². The minimum absolute atomic E-state index is 0.192. The SMILES string of the molecule is CCc1ccc(-n2nc(-c3nc(-c4ccccc4C)no3)c3ccccc3c2=O)cc1. The quantitative estimate of drug-likeness (QED) is 0.420. The fraction of sp³-hybridized carbons (Fsp3) is 0.120. The van der Waals surface area contributed by atoms with E-state index in [-0.39, 0.29) is 11.4 Å². The number of benzene rings is 3. The molecule has 0 fully saturated rings. The molecule has 6 nitrogen and oxygen atoms in total. The van der Waals surface area contributed by atoms with Crippen molar-refractivity contribution in [3.63, 3.8) is 0 Å². The Kier molecular flexibility index (Phi) is 4.67. The summed E-state index contributed by atoms with van der Waals surface area (Å²) in [4.78, 5) is 17.8. The molecule has 2 heterocycles. The van der Waals surface area contributed by atoms with Gasteiger partial charge in [-0.25, -0.2) is 0 Å². The molecule has 0 atom stereocenters. The number of hydrogen-bond donors (Lipinski definition) is 0. The van der Waals surface area contributed by atoms with Crippen LogP contribution in [-0.2, 0) is 6.42 Å². The first-order chi connectivity index (χ1) is 15.2. The summed E-state index contributed by atoms with van der Waals surface area (Å²) in [5.74, 6) is 0.761. The molecular formula is C25H20N4O2. The number of aromatic nitrogens is 4. The van der Waals surface area contributed by atoms with Crippen LogP contribution in [0.3, 0.4) is 0 Å². The lowest BCUT2D eigenvalue weighted by molar-refractivity contribution is 0.430. The monoisotopic (exact) mass is 408 g/mol. The number of nitrogens with zero attached hydrogens (tertiary/aromatic N) is 4. The van der Waals surface area contributed by atoms with E-state index in [2.05, 4.69) is 22.2 Å². The van der Waals surface area contributed by atoms with E-state index in [0.717, 1.165) is 17.5 Å². The average molecular weight is 408 g/mol. The molecule has 3 aromatic carbocycles. The molecule has 31 heavy (non-hydrogen) atoms. The summed E-state index contributed by atoms with van der Waals surface area (Å²) in [6.07, 6.45) is 0.926. The van der Waals surface area contributed by atoms with Crippen LogP contribution in [0.5, 0.6) is 0 Å². The van der Waals surface area contributed by atoms with Crippen LogP contribution in [0.1, 0.15) is 18.1 Å². The minimum atomic E-state index is -0.192. The van der Waals surface area contributed by atoms with Gasteiger partial charge in [-0.2, -0.15) is 14.8 Å². The van der Waals surface area contributed by atoms with Crippen molar-refractivity contribution in [2.24, 2.45) is 0 Å².